The van der Waals surface area contributed by atoms with Gasteiger partial charge >= 0.3 is 6.03 Å². The maximum Gasteiger partial charge on any atom is 0.317 e. The summed E-state index contributed by atoms with van der Waals surface area (Å²) in [6.07, 6.45) is 4.30. The van der Waals surface area contributed by atoms with E-state index in [1.165, 1.54) is 0 Å². The monoisotopic (exact) mass is 309 g/mol. The number of carbonyl (C=O) groups excluding carboxylic acids is 2. The molecule has 124 valence electrons. The number of isocyanates is 1. The van der Waals surface area contributed by atoms with Crippen molar-refractivity contribution in [3.8, 4) is 0 Å². The molecule has 2 amide bonds. The zero-order chi connectivity index (χ0) is 16.6. The third-order valence-electron chi connectivity index (χ3n) is 4.65. The largest absolute Gasteiger partial charge is 0.386 e. The third kappa shape index (κ3) is 4.08. The Morgan fingerprint density at radius 1 is 1.32 bits per heavy atom. The van der Waals surface area contributed by atoms with Gasteiger partial charge in [0, 0.05) is 6.04 Å². The van der Waals surface area contributed by atoms with Crippen LogP contribution in [0.1, 0.15) is 47.0 Å². The van der Waals surface area contributed by atoms with Crippen LogP contribution in [0, 0.1) is 10.8 Å². The molecule has 0 spiro atoms. The SMILES string of the molecule is CC1(C)CC(NC(=O)N2CC(C)(O)C2)CC(C)(CN=C=O)C1. The van der Waals surface area contributed by atoms with E-state index < -0.39 is 5.60 Å². The lowest BCUT2D eigenvalue weighted by Crippen LogP contribution is -2.65. The Balaban J connectivity index is 1.98. The first-order valence-electron chi connectivity index (χ1n) is 7.86. The molecule has 6 nitrogen and oxygen atoms in total. The van der Waals surface area contributed by atoms with E-state index in [9.17, 15) is 14.7 Å². The smallest absolute Gasteiger partial charge is 0.317 e. The first-order valence-corrected chi connectivity index (χ1v) is 7.86. The van der Waals surface area contributed by atoms with Crippen LogP contribution in [0.15, 0.2) is 4.99 Å². The topological polar surface area (TPSA) is 82.0 Å². The van der Waals surface area contributed by atoms with Crippen molar-refractivity contribution in [1.82, 2.24) is 10.2 Å². The van der Waals surface area contributed by atoms with Gasteiger partial charge in [-0.1, -0.05) is 20.8 Å². The lowest BCUT2D eigenvalue weighted by molar-refractivity contribution is -0.0619. The zero-order valence-corrected chi connectivity index (χ0v) is 14.0. The Kier molecular flexibility index (Phi) is 4.37. The van der Waals surface area contributed by atoms with Crippen molar-refractivity contribution in [2.45, 2.75) is 58.6 Å². The van der Waals surface area contributed by atoms with E-state index in [4.69, 9.17) is 0 Å². The molecule has 2 fully saturated rings. The Morgan fingerprint density at radius 2 is 1.95 bits per heavy atom. The molecular formula is C16H27N3O3. The molecule has 2 unspecified atom stereocenters. The highest BCUT2D eigenvalue weighted by atomic mass is 16.3. The summed E-state index contributed by atoms with van der Waals surface area (Å²) in [6, 6.07) is -0.0517. The summed E-state index contributed by atoms with van der Waals surface area (Å²) in [7, 11) is 0. The fourth-order valence-electron chi connectivity index (χ4n) is 4.26. The highest BCUT2D eigenvalue weighted by Crippen LogP contribution is 2.46. The van der Waals surface area contributed by atoms with Crippen LogP contribution in [0.4, 0.5) is 4.79 Å². The van der Waals surface area contributed by atoms with Gasteiger partial charge in [0.2, 0.25) is 6.08 Å². The van der Waals surface area contributed by atoms with Crippen molar-refractivity contribution in [2.75, 3.05) is 19.6 Å². The predicted molar refractivity (Wildman–Crippen MR) is 83.2 cm³/mol. The number of hydrogen-bond acceptors (Lipinski definition) is 4. The van der Waals surface area contributed by atoms with Crippen molar-refractivity contribution in [3.05, 3.63) is 0 Å². The van der Waals surface area contributed by atoms with E-state index in [2.05, 4.69) is 31.1 Å². The molecule has 1 aliphatic heterocycles. The highest BCUT2D eigenvalue weighted by Gasteiger charge is 2.44. The van der Waals surface area contributed by atoms with Gasteiger partial charge in [-0.15, -0.1) is 0 Å². The van der Waals surface area contributed by atoms with Gasteiger partial charge in [-0.25, -0.2) is 14.6 Å². The van der Waals surface area contributed by atoms with Gasteiger partial charge in [-0.05, 0) is 37.0 Å². The summed E-state index contributed by atoms with van der Waals surface area (Å²) in [6.45, 7) is 9.41. The minimum atomic E-state index is -0.754. The second kappa shape index (κ2) is 5.67. The van der Waals surface area contributed by atoms with E-state index in [-0.39, 0.29) is 22.9 Å². The molecule has 2 N–H and O–H groups in total. The summed E-state index contributed by atoms with van der Waals surface area (Å²) in [5.74, 6) is 0. The number of hydrogen-bond donors (Lipinski definition) is 2. The van der Waals surface area contributed by atoms with Gasteiger partial charge in [0.15, 0.2) is 0 Å². The molecule has 1 heterocycles. The van der Waals surface area contributed by atoms with E-state index in [0.717, 1.165) is 19.3 Å². The number of likely N-dealkylation sites (tertiary alicyclic amines) is 1. The molecule has 1 saturated carbocycles. The maximum atomic E-state index is 12.2. The Morgan fingerprint density at radius 3 is 2.50 bits per heavy atom. The van der Waals surface area contributed by atoms with Crippen LogP contribution in [0.25, 0.3) is 0 Å². The van der Waals surface area contributed by atoms with Crippen LogP contribution in [-0.2, 0) is 4.79 Å². The Bertz CT molecular complexity index is 489. The number of aliphatic imine (C=N–C) groups is 1. The number of urea groups is 1. The molecule has 0 bridgehead atoms. The van der Waals surface area contributed by atoms with E-state index in [1.807, 2.05) is 0 Å². The van der Waals surface area contributed by atoms with Gasteiger partial charge in [-0.2, -0.15) is 0 Å². The molecule has 0 radical (unpaired) electrons. The van der Waals surface area contributed by atoms with Crippen LogP contribution < -0.4 is 5.32 Å². The first-order chi connectivity index (χ1) is 10.0. The molecule has 1 saturated heterocycles. The fourth-order valence-corrected chi connectivity index (χ4v) is 4.26. The van der Waals surface area contributed by atoms with E-state index in [1.54, 1.807) is 17.9 Å². The number of amides is 2. The van der Waals surface area contributed by atoms with E-state index in [0.29, 0.717) is 19.6 Å². The van der Waals surface area contributed by atoms with Gasteiger partial charge < -0.3 is 15.3 Å². The lowest BCUT2D eigenvalue weighted by atomic mass is 9.62. The number of rotatable bonds is 3. The lowest BCUT2D eigenvalue weighted by Gasteiger charge is -2.48. The van der Waals surface area contributed by atoms with Gasteiger partial charge in [-0.3, -0.25) is 0 Å². The Hall–Kier alpha value is -1.39. The van der Waals surface area contributed by atoms with Crippen molar-refractivity contribution < 1.29 is 14.7 Å². The fraction of sp³-hybridized carbons (Fsp3) is 0.875. The number of nitrogens with one attached hydrogen (secondary N) is 1. The van der Waals surface area contributed by atoms with Crippen LogP contribution in [0.2, 0.25) is 0 Å². The van der Waals surface area contributed by atoms with Crippen molar-refractivity contribution in [1.29, 1.82) is 0 Å². The quantitative estimate of drug-likeness (QED) is 0.615. The molecule has 0 aromatic rings. The number of nitrogens with zero attached hydrogens (tertiary/aromatic N) is 2. The molecule has 1 aliphatic carbocycles. The van der Waals surface area contributed by atoms with Crippen LogP contribution in [-0.4, -0.2) is 53.4 Å². The first kappa shape index (κ1) is 17.0. The summed E-state index contributed by atoms with van der Waals surface area (Å²) in [4.78, 5) is 28.0. The van der Waals surface area contributed by atoms with Crippen LogP contribution in [0.3, 0.4) is 0 Å². The van der Waals surface area contributed by atoms with Crippen LogP contribution >= 0.6 is 0 Å². The number of β-amino-alcohol motifs (C(OH)–C–C–N with tert-alkyl or cyclic N) is 1. The van der Waals surface area contributed by atoms with Crippen LogP contribution in [0.5, 0.6) is 0 Å². The molecule has 6 heteroatoms. The van der Waals surface area contributed by atoms with E-state index >= 15 is 0 Å². The van der Waals surface area contributed by atoms with Crippen molar-refractivity contribution in [2.24, 2.45) is 15.8 Å². The van der Waals surface area contributed by atoms with Gasteiger partial charge in [0.05, 0.1) is 25.2 Å². The second-order valence-corrected chi connectivity index (χ2v) is 8.47. The molecular weight excluding hydrogens is 282 g/mol. The molecule has 2 atom stereocenters. The third-order valence-corrected chi connectivity index (χ3v) is 4.65. The molecule has 22 heavy (non-hydrogen) atoms. The minimum absolute atomic E-state index is 0.0636. The molecule has 2 rings (SSSR count). The normalized spacial score (nSPS) is 32.6. The summed E-state index contributed by atoms with van der Waals surface area (Å²) < 4.78 is 0. The van der Waals surface area contributed by atoms with Gasteiger partial charge in [0.1, 0.15) is 0 Å². The number of aliphatic hydroxyl groups is 1. The zero-order valence-electron chi connectivity index (χ0n) is 14.0. The number of carbonyl (C=O) groups is 1. The Labute approximate surface area is 132 Å². The highest BCUT2D eigenvalue weighted by molar-refractivity contribution is 5.75. The minimum Gasteiger partial charge on any atom is -0.386 e. The summed E-state index contributed by atoms with van der Waals surface area (Å²) >= 11 is 0. The average Bonchev–Trinajstić information content (AvgIpc) is 2.30. The van der Waals surface area contributed by atoms with Gasteiger partial charge in [0.25, 0.3) is 0 Å². The maximum absolute atomic E-state index is 12.2. The summed E-state index contributed by atoms with van der Waals surface area (Å²) in [5.41, 5.74) is -0.766. The molecule has 0 aromatic carbocycles. The van der Waals surface area contributed by atoms with Crippen molar-refractivity contribution >= 4 is 12.1 Å². The second-order valence-electron chi connectivity index (χ2n) is 8.47. The molecule has 0 aromatic heterocycles. The average molecular weight is 309 g/mol. The predicted octanol–water partition coefficient (Wildman–Crippen LogP) is 1.68. The molecule has 2 aliphatic rings. The summed E-state index contributed by atoms with van der Waals surface area (Å²) in [5, 5.41) is 12.8. The standard InChI is InChI=1S/C16H27N3O3/c1-14(2)5-12(6-15(3,7-14)8-17-11-20)18-13(21)19-9-16(4,22)10-19/h12,22H,5-10H2,1-4H3,(H,18,21). The van der Waals surface area contributed by atoms with Crippen molar-refractivity contribution in [3.63, 3.8) is 0 Å².